The van der Waals surface area contributed by atoms with Crippen LogP contribution in [0.3, 0.4) is 0 Å². The molecular weight excluding hydrogens is 578 g/mol. The lowest BCUT2D eigenvalue weighted by Gasteiger charge is -2.38. The van der Waals surface area contributed by atoms with Crippen molar-refractivity contribution in [1.82, 2.24) is 20.3 Å². The molecule has 2 saturated heterocycles. The van der Waals surface area contributed by atoms with Crippen molar-refractivity contribution >= 4 is 22.0 Å². The smallest absolute Gasteiger partial charge is 0.407 e. The first-order chi connectivity index (χ1) is 20.6. The molecule has 1 aliphatic carbocycles. The second-order valence-corrected chi connectivity index (χ2v) is 13.9. The van der Waals surface area contributed by atoms with Gasteiger partial charge >= 0.3 is 6.09 Å². The number of nitrogens with one attached hydrogen (secondary N) is 3. The van der Waals surface area contributed by atoms with E-state index in [2.05, 4.69) is 16.0 Å². The molecule has 3 N–H and O–H groups in total. The van der Waals surface area contributed by atoms with Crippen molar-refractivity contribution in [3.8, 4) is 0 Å². The minimum Gasteiger partial charge on any atom is -0.453 e. The van der Waals surface area contributed by atoms with Gasteiger partial charge in [0.1, 0.15) is 17.7 Å². The van der Waals surface area contributed by atoms with E-state index in [0.29, 0.717) is 37.1 Å². The molecule has 2 aliphatic heterocycles. The predicted octanol–water partition coefficient (Wildman–Crippen LogP) is 3.65. The summed E-state index contributed by atoms with van der Waals surface area (Å²) < 4.78 is 60.0. The Hall–Kier alpha value is -3.09. The quantitative estimate of drug-likeness (QED) is 0.395. The Kier molecular flexibility index (Phi) is 9.98. The molecule has 3 aliphatic rings. The maximum Gasteiger partial charge on any atom is 0.407 e. The van der Waals surface area contributed by atoms with Crippen LogP contribution in [0.2, 0.25) is 0 Å². The number of carbonyl (C=O) groups is 2. The lowest BCUT2D eigenvalue weighted by atomic mass is 9.84. The standard InChI is InChI=1S/C31H40F2N4O5S/c1-42-31(39)36-29(28(21-7-12-23(32)13-8-21)22-9-14-24(33)15-10-22)30(38)35-27-6-2-4-20(27)11-16-26-18-34-25-5-3-17-43(40,41)37(26)19-25/h7-10,12-15,20,25-29,34H,2-6,11,16-19H2,1H3,(H,35,38)(H,36,39)/t20-,25-,26+,27+,29+/m1/s1. The molecule has 234 valence electrons. The Morgan fingerprint density at radius 1 is 0.977 bits per heavy atom. The summed E-state index contributed by atoms with van der Waals surface area (Å²) in [5, 5.41) is 9.33. The molecule has 6 atom stereocenters. The van der Waals surface area contributed by atoms with Gasteiger partial charge in [-0.05, 0) is 79.8 Å². The summed E-state index contributed by atoms with van der Waals surface area (Å²) in [6, 6.07) is 10.1. The summed E-state index contributed by atoms with van der Waals surface area (Å²) in [6.07, 6.45) is 4.72. The fraction of sp³-hybridized carbons (Fsp3) is 0.548. The molecular formula is C31H40F2N4O5S. The Labute approximate surface area is 251 Å². The van der Waals surface area contributed by atoms with E-state index in [-0.39, 0.29) is 29.8 Å². The van der Waals surface area contributed by atoms with Crippen LogP contribution in [0, 0.1) is 17.6 Å². The first kappa shape index (κ1) is 31.3. The highest BCUT2D eigenvalue weighted by molar-refractivity contribution is 7.89. The van der Waals surface area contributed by atoms with E-state index in [4.69, 9.17) is 4.74 Å². The molecule has 2 amide bonds. The first-order valence-electron chi connectivity index (χ1n) is 15.0. The summed E-state index contributed by atoms with van der Waals surface area (Å²) in [6.45, 7) is 1.13. The highest BCUT2D eigenvalue weighted by Gasteiger charge is 2.40. The molecule has 2 aromatic rings. The summed E-state index contributed by atoms with van der Waals surface area (Å²) in [5.41, 5.74) is 1.13. The SMILES string of the molecule is COC(=O)N[C@H](C(=O)N[C@H]1CCC[C@@H]1CC[C@H]1CN[C@@H]2CCCS(=O)(=O)N1C2)C(c1ccc(F)cc1)c1ccc(F)cc1. The number of ether oxygens (including phenoxy) is 1. The lowest BCUT2D eigenvalue weighted by Crippen LogP contribution is -2.57. The maximum absolute atomic E-state index is 14.0. The number of benzene rings is 2. The van der Waals surface area contributed by atoms with Gasteiger partial charge in [-0.2, -0.15) is 4.31 Å². The number of amides is 2. The number of nitrogens with zero attached hydrogens (tertiary/aromatic N) is 1. The van der Waals surface area contributed by atoms with Crippen molar-refractivity contribution < 1.29 is 31.5 Å². The van der Waals surface area contributed by atoms with Crippen molar-refractivity contribution in [2.75, 3.05) is 26.0 Å². The molecule has 2 aromatic carbocycles. The van der Waals surface area contributed by atoms with Gasteiger partial charge < -0.3 is 20.7 Å². The van der Waals surface area contributed by atoms with Gasteiger partial charge in [0.15, 0.2) is 0 Å². The fourth-order valence-electron chi connectivity index (χ4n) is 6.90. The van der Waals surface area contributed by atoms with E-state index in [1.165, 1.54) is 31.4 Å². The van der Waals surface area contributed by atoms with E-state index in [1.54, 1.807) is 28.6 Å². The highest BCUT2D eigenvalue weighted by Crippen LogP contribution is 2.34. The zero-order chi connectivity index (χ0) is 30.6. The van der Waals surface area contributed by atoms with Crippen LogP contribution in [0.15, 0.2) is 48.5 Å². The van der Waals surface area contributed by atoms with Gasteiger partial charge in [0.25, 0.3) is 0 Å². The zero-order valence-electron chi connectivity index (χ0n) is 24.3. The largest absolute Gasteiger partial charge is 0.453 e. The van der Waals surface area contributed by atoms with Crippen LogP contribution in [0.1, 0.15) is 62.0 Å². The predicted molar refractivity (Wildman–Crippen MR) is 158 cm³/mol. The highest BCUT2D eigenvalue weighted by atomic mass is 32.2. The number of piperazine rings is 1. The minimum absolute atomic E-state index is 0.119. The number of methoxy groups -OCH3 is 1. The number of alkyl carbamates (subject to hydrolysis) is 1. The van der Waals surface area contributed by atoms with E-state index < -0.39 is 45.6 Å². The van der Waals surface area contributed by atoms with E-state index >= 15 is 0 Å². The molecule has 1 unspecified atom stereocenters. The number of hydrogen-bond acceptors (Lipinski definition) is 6. The van der Waals surface area contributed by atoms with Crippen LogP contribution in [0.25, 0.3) is 0 Å². The number of halogens is 2. The third-order valence-corrected chi connectivity index (χ3v) is 11.1. The summed E-state index contributed by atoms with van der Waals surface area (Å²) in [7, 11) is -2.08. The maximum atomic E-state index is 14.0. The Balaban J connectivity index is 1.33. The number of rotatable bonds is 9. The van der Waals surface area contributed by atoms with Gasteiger partial charge in [0.2, 0.25) is 15.9 Å². The molecule has 3 fully saturated rings. The summed E-state index contributed by atoms with van der Waals surface area (Å²) >= 11 is 0. The zero-order valence-corrected chi connectivity index (χ0v) is 25.1. The second kappa shape index (κ2) is 13.7. The van der Waals surface area contributed by atoms with Crippen molar-refractivity contribution in [1.29, 1.82) is 0 Å². The molecule has 5 rings (SSSR count). The van der Waals surface area contributed by atoms with Crippen LogP contribution < -0.4 is 16.0 Å². The van der Waals surface area contributed by atoms with Crippen LogP contribution in [0.5, 0.6) is 0 Å². The Bertz CT molecular complexity index is 1330. The van der Waals surface area contributed by atoms with Gasteiger partial charge in [0, 0.05) is 37.1 Å². The first-order valence-corrected chi connectivity index (χ1v) is 16.6. The molecule has 1 saturated carbocycles. The number of carbonyl (C=O) groups excluding carboxylic acids is 2. The molecule has 2 heterocycles. The monoisotopic (exact) mass is 618 g/mol. The molecule has 9 nitrogen and oxygen atoms in total. The molecule has 2 bridgehead atoms. The van der Waals surface area contributed by atoms with Crippen LogP contribution in [-0.4, -0.2) is 74.8 Å². The van der Waals surface area contributed by atoms with Gasteiger partial charge in [-0.3, -0.25) is 4.79 Å². The van der Waals surface area contributed by atoms with Crippen molar-refractivity contribution in [3.63, 3.8) is 0 Å². The third-order valence-electron chi connectivity index (χ3n) is 9.15. The Morgan fingerprint density at radius 2 is 1.63 bits per heavy atom. The molecule has 0 aromatic heterocycles. The fourth-order valence-corrected chi connectivity index (χ4v) is 8.71. The van der Waals surface area contributed by atoms with Crippen LogP contribution >= 0.6 is 0 Å². The van der Waals surface area contributed by atoms with Gasteiger partial charge in [0.05, 0.1) is 12.9 Å². The van der Waals surface area contributed by atoms with Crippen molar-refractivity contribution in [2.24, 2.45) is 5.92 Å². The number of hydrogen-bond donors (Lipinski definition) is 3. The average Bonchev–Trinajstić information content (AvgIpc) is 3.39. The number of sulfonamides is 1. The van der Waals surface area contributed by atoms with Gasteiger partial charge in [-0.15, -0.1) is 0 Å². The minimum atomic E-state index is -3.29. The van der Waals surface area contributed by atoms with Crippen LogP contribution in [-0.2, 0) is 19.6 Å². The van der Waals surface area contributed by atoms with Crippen molar-refractivity contribution in [2.45, 2.75) is 75.0 Å². The summed E-state index contributed by atoms with van der Waals surface area (Å²) in [4.78, 5) is 26.4. The molecule has 43 heavy (non-hydrogen) atoms. The van der Waals surface area contributed by atoms with Gasteiger partial charge in [-0.1, -0.05) is 30.7 Å². The lowest BCUT2D eigenvalue weighted by molar-refractivity contribution is -0.124. The van der Waals surface area contributed by atoms with E-state index in [0.717, 1.165) is 32.1 Å². The molecule has 0 radical (unpaired) electrons. The molecule has 0 spiro atoms. The van der Waals surface area contributed by atoms with E-state index in [9.17, 15) is 26.8 Å². The Morgan fingerprint density at radius 3 is 2.26 bits per heavy atom. The topological polar surface area (TPSA) is 117 Å². The van der Waals surface area contributed by atoms with Gasteiger partial charge in [-0.25, -0.2) is 22.0 Å². The number of fused-ring (bicyclic) bond motifs is 2. The van der Waals surface area contributed by atoms with Crippen LogP contribution in [0.4, 0.5) is 13.6 Å². The second-order valence-electron chi connectivity index (χ2n) is 11.9. The average molecular weight is 619 g/mol. The van der Waals surface area contributed by atoms with E-state index in [1.807, 2.05) is 0 Å². The van der Waals surface area contributed by atoms with Crippen molar-refractivity contribution in [3.05, 3.63) is 71.3 Å². The third kappa shape index (κ3) is 7.53. The normalized spacial score (nSPS) is 27.2. The molecule has 12 heteroatoms. The summed E-state index contributed by atoms with van der Waals surface area (Å²) in [5.74, 6) is -1.76.